The zero-order valence-corrected chi connectivity index (χ0v) is 18.9. The summed E-state index contributed by atoms with van der Waals surface area (Å²) in [7, 11) is 1.66. The van der Waals surface area contributed by atoms with Gasteiger partial charge in [0.25, 0.3) is 11.8 Å². The number of nitrogens with zero attached hydrogens (tertiary/aromatic N) is 2. The highest BCUT2D eigenvalue weighted by molar-refractivity contribution is 6.07. The van der Waals surface area contributed by atoms with Gasteiger partial charge in [-0.25, -0.2) is 0 Å². The molecule has 2 amide bonds. The van der Waals surface area contributed by atoms with Gasteiger partial charge in [0, 0.05) is 18.6 Å². The number of anilines is 1. The lowest BCUT2D eigenvalue weighted by atomic mass is 10.1. The zero-order chi connectivity index (χ0) is 24.2. The molecule has 0 atom stereocenters. The van der Waals surface area contributed by atoms with E-state index in [1.165, 1.54) is 10.9 Å². The number of carbonyl (C=O) groups is 2. The number of hydrogen-bond acceptors (Lipinski definition) is 6. The monoisotopic (exact) mass is 470 g/mol. The maximum Gasteiger partial charge on any atom is 0.291 e. The van der Waals surface area contributed by atoms with Crippen molar-refractivity contribution >= 4 is 28.3 Å². The molecule has 0 aliphatic carbocycles. The third-order valence-electron chi connectivity index (χ3n) is 5.30. The molecule has 9 nitrogen and oxygen atoms in total. The van der Waals surface area contributed by atoms with Crippen molar-refractivity contribution in [3.8, 4) is 5.75 Å². The minimum absolute atomic E-state index is 0.0819. The largest absolute Gasteiger partial charge is 0.485 e. The first-order chi connectivity index (χ1) is 17.1. The van der Waals surface area contributed by atoms with Gasteiger partial charge in [0.15, 0.2) is 11.5 Å². The van der Waals surface area contributed by atoms with Gasteiger partial charge in [-0.05, 0) is 35.7 Å². The van der Waals surface area contributed by atoms with Gasteiger partial charge in [-0.15, -0.1) is 0 Å². The summed E-state index contributed by atoms with van der Waals surface area (Å²) < 4.78 is 18.3. The summed E-state index contributed by atoms with van der Waals surface area (Å²) in [4.78, 5) is 25.4. The fourth-order valence-electron chi connectivity index (χ4n) is 3.64. The number of carbonyl (C=O) groups excluding carboxylic acids is 2. The van der Waals surface area contributed by atoms with Gasteiger partial charge in [0.05, 0.1) is 18.5 Å². The Labute approximate surface area is 200 Å². The topological polar surface area (TPSA) is 112 Å². The molecule has 0 aliphatic heterocycles. The van der Waals surface area contributed by atoms with E-state index in [2.05, 4.69) is 15.7 Å². The average molecular weight is 470 g/mol. The van der Waals surface area contributed by atoms with Crippen LogP contribution in [0.5, 0.6) is 5.75 Å². The third kappa shape index (κ3) is 4.93. The van der Waals surface area contributed by atoms with Crippen LogP contribution < -0.4 is 15.4 Å². The second-order valence-corrected chi connectivity index (χ2v) is 7.81. The molecule has 3 aromatic heterocycles. The maximum absolute atomic E-state index is 12.8. The fraction of sp³-hybridized carbons (Fsp3) is 0.115. The summed E-state index contributed by atoms with van der Waals surface area (Å²) in [6.07, 6.45) is 3.08. The number of aromatic nitrogens is 2. The van der Waals surface area contributed by atoms with Crippen LogP contribution in [0.25, 0.3) is 10.8 Å². The Bertz CT molecular complexity index is 1480. The van der Waals surface area contributed by atoms with Crippen LogP contribution in [-0.2, 0) is 20.2 Å². The minimum atomic E-state index is -0.505. The summed E-state index contributed by atoms with van der Waals surface area (Å²) in [5, 5.41) is 11.6. The molecule has 5 aromatic rings. The smallest absolute Gasteiger partial charge is 0.291 e. The zero-order valence-electron chi connectivity index (χ0n) is 18.9. The van der Waals surface area contributed by atoms with E-state index in [9.17, 15) is 9.59 Å². The molecule has 0 saturated heterocycles. The van der Waals surface area contributed by atoms with E-state index >= 15 is 0 Å². The number of fused-ring (bicyclic) bond motifs is 1. The molecule has 0 spiro atoms. The SMILES string of the molecule is Cn1cc(NC(=O)c2ccc(COc3cccc4ccccc34)o2)c(C(=O)NCc2ccco2)n1. The molecule has 0 radical (unpaired) electrons. The predicted molar refractivity (Wildman–Crippen MR) is 128 cm³/mol. The van der Waals surface area contributed by atoms with E-state index in [1.54, 1.807) is 37.5 Å². The Balaban J connectivity index is 1.23. The molecule has 0 bridgehead atoms. The van der Waals surface area contributed by atoms with Gasteiger partial charge in [-0.1, -0.05) is 36.4 Å². The summed E-state index contributed by atoms with van der Waals surface area (Å²) in [5.41, 5.74) is 0.345. The molecule has 0 fully saturated rings. The molecule has 5 rings (SSSR count). The number of ether oxygens (including phenoxy) is 1. The van der Waals surface area contributed by atoms with Crippen molar-refractivity contribution in [1.82, 2.24) is 15.1 Å². The van der Waals surface area contributed by atoms with E-state index in [0.717, 1.165) is 16.5 Å². The van der Waals surface area contributed by atoms with Crippen molar-refractivity contribution in [3.05, 3.63) is 102 Å². The Hall–Kier alpha value is -4.79. The number of rotatable bonds is 8. The lowest BCUT2D eigenvalue weighted by Gasteiger charge is -2.08. The molecule has 176 valence electrons. The molecule has 2 aromatic carbocycles. The predicted octanol–water partition coefficient (Wildman–Crippen LogP) is 4.52. The van der Waals surface area contributed by atoms with Crippen LogP contribution in [0, 0.1) is 0 Å². The molecule has 2 N–H and O–H groups in total. The number of nitrogens with one attached hydrogen (secondary N) is 2. The maximum atomic E-state index is 12.8. The molecule has 0 aliphatic rings. The molecular weight excluding hydrogens is 448 g/mol. The van der Waals surface area contributed by atoms with Crippen molar-refractivity contribution in [2.24, 2.45) is 7.05 Å². The molecule has 35 heavy (non-hydrogen) atoms. The van der Waals surface area contributed by atoms with Crippen LogP contribution in [-0.4, -0.2) is 21.6 Å². The second kappa shape index (κ2) is 9.60. The average Bonchev–Trinajstić information content (AvgIpc) is 3.63. The Morgan fingerprint density at radius 2 is 1.83 bits per heavy atom. The van der Waals surface area contributed by atoms with E-state index in [-0.39, 0.29) is 30.3 Å². The van der Waals surface area contributed by atoms with Gasteiger partial charge in [0.2, 0.25) is 0 Å². The second-order valence-electron chi connectivity index (χ2n) is 7.81. The molecule has 0 saturated carbocycles. The highest BCUT2D eigenvalue weighted by Gasteiger charge is 2.20. The molecule has 3 heterocycles. The first-order valence-electron chi connectivity index (χ1n) is 10.9. The highest BCUT2D eigenvalue weighted by atomic mass is 16.5. The van der Waals surface area contributed by atoms with Crippen molar-refractivity contribution in [3.63, 3.8) is 0 Å². The van der Waals surface area contributed by atoms with Crippen molar-refractivity contribution in [2.45, 2.75) is 13.2 Å². The molecule has 9 heteroatoms. The van der Waals surface area contributed by atoms with Crippen LogP contribution in [0.3, 0.4) is 0 Å². The molecular formula is C26H22N4O5. The summed E-state index contributed by atoms with van der Waals surface area (Å²) in [5.74, 6) is 0.966. The number of amides is 2. The van der Waals surface area contributed by atoms with E-state index in [4.69, 9.17) is 13.6 Å². The molecule has 0 unspecified atom stereocenters. The number of furan rings is 2. The van der Waals surface area contributed by atoms with Crippen LogP contribution >= 0.6 is 0 Å². The standard InChI is InChI=1S/C26H22N4O5/c1-30-15-21(24(29-30)26(32)27-14-18-8-5-13-33-18)28-25(31)23-12-11-19(35-23)16-34-22-10-4-7-17-6-2-3-9-20(17)22/h2-13,15H,14,16H2,1H3,(H,27,32)(H,28,31). The van der Waals surface area contributed by atoms with Crippen molar-refractivity contribution in [2.75, 3.05) is 5.32 Å². The van der Waals surface area contributed by atoms with Gasteiger partial charge >= 0.3 is 0 Å². The van der Waals surface area contributed by atoms with Crippen LogP contribution in [0.1, 0.15) is 32.6 Å². The minimum Gasteiger partial charge on any atom is -0.485 e. The number of aryl methyl sites for hydroxylation is 1. The lowest BCUT2D eigenvalue weighted by Crippen LogP contribution is -2.25. The number of hydrogen-bond donors (Lipinski definition) is 2. The first kappa shape index (κ1) is 22.0. The van der Waals surface area contributed by atoms with E-state index in [0.29, 0.717) is 11.5 Å². The van der Waals surface area contributed by atoms with Gasteiger partial charge < -0.3 is 24.2 Å². The van der Waals surface area contributed by atoms with Gasteiger partial charge in [-0.2, -0.15) is 5.10 Å². The summed E-state index contributed by atoms with van der Waals surface area (Å²) in [6, 6.07) is 20.5. The van der Waals surface area contributed by atoms with Crippen LogP contribution in [0.15, 0.2) is 88.0 Å². The van der Waals surface area contributed by atoms with Gasteiger partial charge in [0.1, 0.15) is 23.9 Å². The van der Waals surface area contributed by atoms with Crippen molar-refractivity contribution < 1.29 is 23.2 Å². The lowest BCUT2D eigenvalue weighted by molar-refractivity contribution is 0.0943. The van der Waals surface area contributed by atoms with E-state index < -0.39 is 11.8 Å². The highest BCUT2D eigenvalue weighted by Crippen LogP contribution is 2.26. The quantitative estimate of drug-likeness (QED) is 0.345. The Kier molecular flexibility index (Phi) is 6.04. The van der Waals surface area contributed by atoms with Crippen molar-refractivity contribution in [1.29, 1.82) is 0 Å². The fourth-order valence-corrected chi connectivity index (χ4v) is 3.64. The third-order valence-corrected chi connectivity index (χ3v) is 5.30. The Morgan fingerprint density at radius 1 is 0.971 bits per heavy atom. The first-order valence-corrected chi connectivity index (χ1v) is 10.9. The van der Waals surface area contributed by atoms with Gasteiger partial charge in [-0.3, -0.25) is 14.3 Å². The van der Waals surface area contributed by atoms with Crippen LogP contribution in [0.2, 0.25) is 0 Å². The van der Waals surface area contributed by atoms with Crippen LogP contribution in [0.4, 0.5) is 5.69 Å². The number of benzene rings is 2. The summed E-state index contributed by atoms with van der Waals surface area (Å²) >= 11 is 0. The van der Waals surface area contributed by atoms with E-state index in [1.807, 2.05) is 42.5 Å². The normalized spacial score (nSPS) is 10.9. The Morgan fingerprint density at radius 3 is 2.69 bits per heavy atom. The summed E-state index contributed by atoms with van der Waals surface area (Å²) in [6.45, 7) is 0.364.